The summed E-state index contributed by atoms with van der Waals surface area (Å²) in [6.07, 6.45) is 1.78. The van der Waals surface area contributed by atoms with Crippen LogP contribution < -0.4 is 15.0 Å². The monoisotopic (exact) mass is 427 g/mol. The fourth-order valence-corrected chi connectivity index (χ4v) is 4.22. The molecular formula is C25H34FN3O2. The van der Waals surface area contributed by atoms with Crippen molar-refractivity contribution in [1.29, 1.82) is 0 Å². The van der Waals surface area contributed by atoms with Gasteiger partial charge in [0.25, 0.3) is 5.91 Å². The minimum absolute atomic E-state index is 0.0187. The summed E-state index contributed by atoms with van der Waals surface area (Å²) < 4.78 is 18.9. The van der Waals surface area contributed by atoms with E-state index in [9.17, 15) is 9.18 Å². The van der Waals surface area contributed by atoms with Crippen molar-refractivity contribution in [3.05, 3.63) is 59.4 Å². The van der Waals surface area contributed by atoms with Crippen molar-refractivity contribution in [2.45, 2.75) is 52.2 Å². The van der Waals surface area contributed by atoms with E-state index in [1.54, 1.807) is 6.07 Å². The molecule has 0 bridgehead atoms. The van der Waals surface area contributed by atoms with Gasteiger partial charge in [0.15, 0.2) is 11.6 Å². The van der Waals surface area contributed by atoms with Gasteiger partial charge in [-0.2, -0.15) is 0 Å². The van der Waals surface area contributed by atoms with Gasteiger partial charge in [-0.25, -0.2) is 4.39 Å². The molecule has 1 aliphatic rings. The third kappa shape index (κ3) is 5.97. The van der Waals surface area contributed by atoms with Gasteiger partial charge in [-0.15, -0.1) is 0 Å². The van der Waals surface area contributed by atoms with Crippen LogP contribution in [0.15, 0.2) is 42.5 Å². The Labute approximate surface area is 185 Å². The Balaban J connectivity index is 1.49. The molecule has 1 heterocycles. The van der Waals surface area contributed by atoms with E-state index in [2.05, 4.69) is 35.9 Å². The predicted molar refractivity (Wildman–Crippen MR) is 123 cm³/mol. The van der Waals surface area contributed by atoms with Gasteiger partial charge in [0.05, 0.1) is 7.11 Å². The van der Waals surface area contributed by atoms with Crippen molar-refractivity contribution in [2.75, 3.05) is 31.6 Å². The second kappa shape index (κ2) is 10.6. The Hall–Kier alpha value is -2.60. The Morgan fingerprint density at radius 3 is 2.42 bits per heavy atom. The summed E-state index contributed by atoms with van der Waals surface area (Å²) in [7, 11) is 1.47. The van der Waals surface area contributed by atoms with Gasteiger partial charge in [0.1, 0.15) is 0 Å². The summed E-state index contributed by atoms with van der Waals surface area (Å²) in [5.41, 5.74) is 2.76. The number of anilines is 1. The zero-order valence-electron chi connectivity index (χ0n) is 19.0. The minimum Gasteiger partial charge on any atom is -0.494 e. The second-order valence-corrected chi connectivity index (χ2v) is 8.42. The molecule has 168 valence electrons. The Morgan fingerprint density at radius 1 is 1.19 bits per heavy atom. The molecule has 1 amide bonds. The summed E-state index contributed by atoms with van der Waals surface area (Å²) in [5.74, 6) is -0.0803. The van der Waals surface area contributed by atoms with Gasteiger partial charge in [0, 0.05) is 49.5 Å². The lowest BCUT2D eigenvalue weighted by Crippen LogP contribution is -2.44. The van der Waals surface area contributed by atoms with Crippen LogP contribution in [0.3, 0.4) is 0 Å². The molecule has 0 saturated carbocycles. The molecule has 0 aromatic heterocycles. The average Bonchev–Trinajstić information content (AvgIpc) is 2.76. The average molecular weight is 428 g/mol. The number of ether oxygens (including phenoxy) is 1. The minimum atomic E-state index is -0.330. The van der Waals surface area contributed by atoms with Crippen molar-refractivity contribution in [1.82, 2.24) is 10.2 Å². The van der Waals surface area contributed by atoms with Crippen molar-refractivity contribution < 1.29 is 13.9 Å². The van der Waals surface area contributed by atoms with Crippen LogP contribution >= 0.6 is 0 Å². The predicted octanol–water partition coefficient (Wildman–Crippen LogP) is 4.46. The third-order valence-electron chi connectivity index (χ3n) is 5.97. The Kier molecular flexibility index (Phi) is 7.91. The van der Waals surface area contributed by atoms with E-state index in [1.807, 2.05) is 30.3 Å². The largest absolute Gasteiger partial charge is 0.494 e. The number of hydrogen-bond donors (Lipinski definition) is 1. The smallest absolute Gasteiger partial charge is 0.251 e. The molecule has 1 aliphatic heterocycles. The van der Waals surface area contributed by atoms with Gasteiger partial charge in [0.2, 0.25) is 0 Å². The number of piperidine rings is 1. The van der Waals surface area contributed by atoms with Crippen LogP contribution in [-0.2, 0) is 6.54 Å². The normalized spacial score (nSPS) is 15.2. The molecular weight excluding hydrogens is 393 g/mol. The number of rotatable bonds is 8. The molecule has 0 atom stereocenters. The quantitative estimate of drug-likeness (QED) is 0.675. The fraction of sp³-hybridized carbons (Fsp3) is 0.480. The van der Waals surface area contributed by atoms with Crippen molar-refractivity contribution in [3.8, 4) is 5.75 Å². The van der Waals surface area contributed by atoms with Gasteiger partial charge in [-0.05, 0) is 75.6 Å². The fourth-order valence-electron chi connectivity index (χ4n) is 4.22. The zero-order valence-corrected chi connectivity index (χ0v) is 19.0. The maximum atomic E-state index is 13.9. The number of halogens is 1. The number of benzene rings is 2. The molecule has 0 aliphatic carbocycles. The summed E-state index contributed by atoms with van der Waals surface area (Å²) >= 11 is 0. The van der Waals surface area contributed by atoms with Crippen LogP contribution in [0.25, 0.3) is 0 Å². The highest BCUT2D eigenvalue weighted by molar-refractivity contribution is 5.94. The van der Waals surface area contributed by atoms with E-state index in [-0.39, 0.29) is 23.5 Å². The number of amides is 1. The van der Waals surface area contributed by atoms with Crippen LogP contribution in [0.1, 0.15) is 49.5 Å². The molecule has 1 fully saturated rings. The Morgan fingerprint density at radius 2 is 1.87 bits per heavy atom. The molecule has 2 aromatic rings. The molecule has 0 unspecified atom stereocenters. The SMILES string of the molecule is CCN(c1ccc(C(=O)NC2CCN(Cc3ccc(OC)c(F)c3)CC2)cc1)C(C)C. The molecule has 3 rings (SSSR count). The van der Waals surface area contributed by atoms with E-state index in [1.165, 1.54) is 13.2 Å². The third-order valence-corrected chi connectivity index (χ3v) is 5.97. The first kappa shape index (κ1) is 23.1. The molecule has 2 aromatic carbocycles. The van der Waals surface area contributed by atoms with E-state index < -0.39 is 0 Å². The first-order valence-electron chi connectivity index (χ1n) is 11.1. The molecule has 31 heavy (non-hydrogen) atoms. The number of hydrogen-bond acceptors (Lipinski definition) is 4. The highest BCUT2D eigenvalue weighted by atomic mass is 19.1. The van der Waals surface area contributed by atoms with Gasteiger partial charge in [-0.3, -0.25) is 9.69 Å². The van der Waals surface area contributed by atoms with E-state index in [4.69, 9.17) is 4.74 Å². The number of methoxy groups -OCH3 is 1. The van der Waals surface area contributed by atoms with Gasteiger partial charge in [-0.1, -0.05) is 6.07 Å². The summed E-state index contributed by atoms with van der Waals surface area (Å²) in [4.78, 5) is 17.3. The number of carbonyl (C=O) groups is 1. The lowest BCUT2D eigenvalue weighted by molar-refractivity contribution is 0.0909. The lowest BCUT2D eigenvalue weighted by Gasteiger charge is -2.32. The van der Waals surface area contributed by atoms with Crippen molar-refractivity contribution >= 4 is 11.6 Å². The zero-order chi connectivity index (χ0) is 22.4. The van der Waals surface area contributed by atoms with E-state index in [0.29, 0.717) is 18.2 Å². The van der Waals surface area contributed by atoms with Gasteiger partial charge >= 0.3 is 0 Å². The van der Waals surface area contributed by atoms with Crippen LogP contribution in [0.5, 0.6) is 5.75 Å². The molecule has 5 nitrogen and oxygen atoms in total. The molecule has 1 saturated heterocycles. The molecule has 1 N–H and O–H groups in total. The standard InChI is InChI=1S/C25H34FN3O2/c1-5-29(18(2)3)22-9-7-20(8-10-22)25(30)27-21-12-14-28(15-13-21)17-19-6-11-24(31-4)23(26)16-19/h6-11,16,18,21H,5,12-15,17H2,1-4H3,(H,27,30). The molecule has 6 heteroatoms. The van der Waals surface area contributed by atoms with Gasteiger partial charge < -0.3 is 15.0 Å². The molecule has 0 radical (unpaired) electrons. The van der Waals surface area contributed by atoms with Crippen LogP contribution in [0.4, 0.5) is 10.1 Å². The number of likely N-dealkylation sites (tertiary alicyclic amines) is 1. The second-order valence-electron chi connectivity index (χ2n) is 8.42. The summed E-state index contributed by atoms with van der Waals surface area (Å²) in [6.45, 7) is 9.86. The lowest BCUT2D eigenvalue weighted by atomic mass is 10.0. The van der Waals surface area contributed by atoms with Crippen molar-refractivity contribution in [2.24, 2.45) is 0 Å². The maximum absolute atomic E-state index is 13.9. The first-order valence-corrected chi connectivity index (χ1v) is 11.1. The number of nitrogens with zero attached hydrogens (tertiary/aromatic N) is 2. The molecule has 0 spiro atoms. The van der Waals surface area contributed by atoms with Crippen LogP contribution in [0.2, 0.25) is 0 Å². The van der Waals surface area contributed by atoms with E-state index in [0.717, 1.165) is 43.7 Å². The van der Waals surface area contributed by atoms with Crippen molar-refractivity contribution in [3.63, 3.8) is 0 Å². The highest BCUT2D eigenvalue weighted by Crippen LogP contribution is 2.21. The van der Waals surface area contributed by atoms with Crippen LogP contribution in [-0.4, -0.2) is 49.6 Å². The first-order chi connectivity index (χ1) is 14.9. The van der Waals surface area contributed by atoms with E-state index >= 15 is 0 Å². The number of nitrogens with one attached hydrogen (secondary N) is 1. The summed E-state index contributed by atoms with van der Waals surface area (Å²) in [6, 6.07) is 13.6. The topological polar surface area (TPSA) is 44.8 Å². The summed E-state index contributed by atoms with van der Waals surface area (Å²) in [5, 5.41) is 3.17. The van der Waals surface area contributed by atoms with Crippen LogP contribution in [0, 0.1) is 5.82 Å². The Bertz CT molecular complexity index is 862. The number of carbonyl (C=O) groups excluding carboxylic acids is 1. The highest BCUT2D eigenvalue weighted by Gasteiger charge is 2.21. The maximum Gasteiger partial charge on any atom is 0.251 e.